The van der Waals surface area contributed by atoms with E-state index in [9.17, 15) is 9.59 Å². The fourth-order valence-electron chi connectivity index (χ4n) is 6.77. The van der Waals surface area contributed by atoms with E-state index in [1.807, 2.05) is 55.1 Å². The number of carbonyl (C=O) groups excluding carboxylic acids is 2. The molecule has 0 saturated carbocycles. The van der Waals surface area contributed by atoms with E-state index in [2.05, 4.69) is 17.1 Å². The quantitative estimate of drug-likeness (QED) is 0.431. The number of rotatable bonds is 10. The fourth-order valence-corrected chi connectivity index (χ4v) is 6.77. The molecular weight excluding hydrogens is 490 g/mol. The molecule has 0 unspecified atom stereocenters. The first-order chi connectivity index (χ1) is 19.1. The summed E-state index contributed by atoms with van der Waals surface area (Å²) in [6, 6.07) is 11.9. The number of nitrogens with one attached hydrogen (secondary N) is 1. The number of fused-ring (bicyclic) bond motifs is 4. The predicted octanol–water partition coefficient (Wildman–Crippen LogP) is 5.09. The molecule has 1 fully saturated rings. The van der Waals surface area contributed by atoms with Crippen LogP contribution in [0, 0.1) is 0 Å². The van der Waals surface area contributed by atoms with Gasteiger partial charge in [0.2, 0.25) is 5.91 Å². The van der Waals surface area contributed by atoms with Gasteiger partial charge in [0.05, 0.1) is 25.2 Å². The molecule has 3 atom stereocenters. The molecule has 7 heteroatoms. The molecule has 2 amide bonds. The molecule has 2 aromatic carbocycles. The normalized spacial score (nSPS) is 22.5. The van der Waals surface area contributed by atoms with E-state index >= 15 is 0 Å². The maximum atomic E-state index is 14.0. The van der Waals surface area contributed by atoms with Gasteiger partial charge in [0.15, 0.2) is 11.5 Å². The lowest BCUT2D eigenvalue weighted by Gasteiger charge is -2.45. The molecule has 0 radical (unpaired) electrons. The smallest absolute Gasteiger partial charge is 0.254 e. The van der Waals surface area contributed by atoms with E-state index in [4.69, 9.17) is 9.47 Å². The van der Waals surface area contributed by atoms with Crippen LogP contribution in [0.5, 0.6) is 11.5 Å². The maximum Gasteiger partial charge on any atom is 0.254 e. The first-order valence-electron chi connectivity index (χ1n) is 14.9. The summed E-state index contributed by atoms with van der Waals surface area (Å²) in [4.78, 5) is 32.1. The first kappa shape index (κ1) is 27.5. The van der Waals surface area contributed by atoms with E-state index in [1.165, 1.54) is 25.7 Å². The number of likely N-dealkylation sites (tertiary alicyclic amines) is 1. The van der Waals surface area contributed by atoms with Gasteiger partial charge >= 0.3 is 0 Å². The summed E-state index contributed by atoms with van der Waals surface area (Å²) in [5, 5.41) is 3.26. The van der Waals surface area contributed by atoms with Crippen molar-refractivity contribution in [3.05, 3.63) is 58.7 Å². The molecule has 5 rings (SSSR count). The van der Waals surface area contributed by atoms with E-state index < -0.39 is 5.92 Å². The van der Waals surface area contributed by atoms with E-state index in [0.29, 0.717) is 43.7 Å². The van der Waals surface area contributed by atoms with Gasteiger partial charge in [-0.3, -0.25) is 9.59 Å². The van der Waals surface area contributed by atoms with Crippen molar-refractivity contribution in [1.82, 2.24) is 15.1 Å². The molecule has 3 aliphatic heterocycles. The van der Waals surface area contributed by atoms with Crippen molar-refractivity contribution in [2.45, 2.75) is 77.3 Å². The summed E-state index contributed by atoms with van der Waals surface area (Å²) in [5.74, 6) is 0.877. The van der Waals surface area contributed by atoms with Gasteiger partial charge in [0.1, 0.15) is 0 Å². The number of ether oxygens (including phenoxy) is 2. The first-order valence-corrected chi connectivity index (χ1v) is 14.9. The highest BCUT2D eigenvalue weighted by Gasteiger charge is 2.46. The van der Waals surface area contributed by atoms with Gasteiger partial charge in [0, 0.05) is 31.2 Å². The Morgan fingerprint density at radius 1 is 1.00 bits per heavy atom. The SMILES string of the molecule is CCOc1cc2c(cc1OCC)[C@@H]1[C@@H](C(=O)NCCCN3CCCC[C@@H]3CC)c3ccccc3C(=O)N1CC2. The fraction of sp³-hybridized carbons (Fsp3) is 0.562. The van der Waals surface area contributed by atoms with Gasteiger partial charge in [-0.25, -0.2) is 0 Å². The van der Waals surface area contributed by atoms with Crippen molar-refractivity contribution in [2.75, 3.05) is 39.4 Å². The molecule has 2 aromatic rings. The molecule has 1 N–H and O–H groups in total. The van der Waals surface area contributed by atoms with Crippen LogP contribution in [-0.4, -0.2) is 67.0 Å². The summed E-state index contributed by atoms with van der Waals surface area (Å²) < 4.78 is 11.8. The Morgan fingerprint density at radius 2 is 1.77 bits per heavy atom. The minimum atomic E-state index is -0.483. The van der Waals surface area contributed by atoms with Crippen molar-refractivity contribution in [3.63, 3.8) is 0 Å². The van der Waals surface area contributed by atoms with Crippen LogP contribution in [0.25, 0.3) is 0 Å². The molecule has 0 spiro atoms. The second-order valence-corrected chi connectivity index (χ2v) is 10.9. The molecule has 0 aromatic heterocycles. The molecule has 0 aliphatic carbocycles. The highest BCUT2D eigenvalue weighted by Crippen LogP contribution is 2.48. The standard InChI is InChI=1S/C32H43N3O4/c1-4-23-12-9-10-17-34(23)18-11-16-33-31(36)29-24-13-7-8-14-25(24)32(37)35-19-15-22-20-27(38-5-2)28(39-6-3)21-26(22)30(29)35/h7-8,13-14,20-21,23,29-30H,4-6,9-12,15-19H2,1-3H3,(H,33,36)/t23-,29-,30+/m0/s1. The zero-order valence-electron chi connectivity index (χ0n) is 23.7. The van der Waals surface area contributed by atoms with E-state index in [1.54, 1.807) is 0 Å². The highest BCUT2D eigenvalue weighted by molar-refractivity contribution is 6.01. The zero-order chi connectivity index (χ0) is 27.4. The third kappa shape index (κ3) is 5.51. The van der Waals surface area contributed by atoms with Crippen molar-refractivity contribution in [1.29, 1.82) is 0 Å². The molecular formula is C32H43N3O4. The largest absolute Gasteiger partial charge is 0.490 e. The van der Waals surface area contributed by atoms with Crippen LogP contribution in [0.3, 0.4) is 0 Å². The van der Waals surface area contributed by atoms with Crippen LogP contribution in [-0.2, 0) is 11.2 Å². The summed E-state index contributed by atoms with van der Waals surface area (Å²) in [7, 11) is 0. The molecule has 39 heavy (non-hydrogen) atoms. The topological polar surface area (TPSA) is 71.1 Å². The molecule has 0 bridgehead atoms. The number of amides is 2. The molecule has 7 nitrogen and oxygen atoms in total. The Morgan fingerprint density at radius 3 is 2.54 bits per heavy atom. The Hall–Kier alpha value is -3.06. The molecule has 210 valence electrons. The minimum absolute atomic E-state index is 0.00662. The number of nitrogens with zero attached hydrogens (tertiary/aromatic N) is 2. The second kappa shape index (κ2) is 12.4. The lowest BCUT2D eigenvalue weighted by molar-refractivity contribution is -0.124. The van der Waals surface area contributed by atoms with Crippen LogP contribution >= 0.6 is 0 Å². The lowest BCUT2D eigenvalue weighted by atomic mass is 9.75. The average molecular weight is 534 g/mol. The second-order valence-electron chi connectivity index (χ2n) is 10.9. The van der Waals surface area contributed by atoms with Crippen molar-refractivity contribution in [3.8, 4) is 11.5 Å². The Balaban J connectivity index is 1.42. The Kier molecular flexibility index (Phi) is 8.75. The number of hydrogen-bond acceptors (Lipinski definition) is 5. The van der Waals surface area contributed by atoms with Crippen LogP contribution in [0.1, 0.15) is 91.9 Å². The number of piperidine rings is 1. The van der Waals surface area contributed by atoms with E-state index in [0.717, 1.165) is 48.4 Å². The van der Waals surface area contributed by atoms with Crippen molar-refractivity contribution in [2.24, 2.45) is 0 Å². The van der Waals surface area contributed by atoms with Gasteiger partial charge in [0.25, 0.3) is 5.91 Å². The minimum Gasteiger partial charge on any atom is -0.490 e. The summed E-state index contributed by atoms with van der Waals surface area (Å²) in [6.45, 7) is 10.6. The van der Waals surface area contributed by atoms with E-state index in [-0.39, 0.29) is 17.9 Å². The molecule has 3 aliphatic rings. The van der Waals surface area contributed by atoms with Gasteiger partial charge in [-0.05, 0) is 87.4 Å². The summed E-state index contributed by atoms with van der Waals surface area (Å²) in [5.41, 5.74) is 3.54. The monoisotopic (exact) mass is 533 g/mol. The summed E-state index contributed by atoms with van der Waals surface area (Å²) >= 11 is 0. The highest BCUT2D eigenvalue weighted by atomic mass is 16.5. The lowest BCUT2D eigenvalue weighted by Crippen LogP contribution is -2.50. The Bertz CT molecular complexity index is 1180. The van der Waals surface area contributed by atoms with Crippen LogP contribution in [0.2, 0.25) is 0 Å². The summed E-state index contributed by atoms with van der Waals surface area (Å²) in [6.07, 6.45) is 6.69. The van der Waals surface area contributed by atoms with Gasteiger partial charge in [-0.1, -0.05) is 31.5 Å². The third-order valence-corrected chi connectivity index (χ3v) is 8.61. The molecule has 3 heterocycles. The number of benzene rings is 2. The average Bonchev–Trinajstić information content (AvgIpc) is 2.96. The van der Waals surface area contributed by atoms with Gasteiger partial charge in [-0.15, -0.1) is 0 Å². The van der Waals surface area contributed by atoms with Crippen LogP contribution in [0.4, 0.5) is 0 Å². The van der Waals surface area contributed by atoms with Gasteiger partial charge < -0.3 is 24.6 Å². The number of carbonyl (C=O) groups is 2. The van der Waals surface area contributed by atoms with Crippen molar-refractivity contribution < 1.29 is 19.1 Å². The van der Waals surface area contributed by atoms with Crippen LogP contribution < -0.4 is 14.8 Å². The van der Waals surface area contributed by atoms with Crippen LogP contribution in [0.15, 0.2) is 36.4 Å². The predicted molar refractivity (Wildman–Crippen MR) is 153 cm³/mol. The molecule has 1 saturated heterocycles. The number of hydrogen-bond donors (Lipinski definition) is 1. The zero-order valence-corrected chi connectivity index (χ0v) is 23.7. The Labute approximate surface area is 232 Å². The maximum absolute atomic E-state index is 14.0. The van der Waals surface area contributed by atoms with Gasteiger partial charge in [-0.2, -0.15) is 0 Å². The van der Waals surface area contributed by atoms with Crippen molar-refractivity contribution >= 4 is 11.8 Å². The third-order valence-electron chi connectivity index (χ3n) is 8.61.